The highest BCUT2D eigenvalue weighted by atomic mass is 16.6. The van der Waals surface area contributed by atoms with E-state index in [1.54, 1.807) is 20.8 Å². The number of nitrogens with two attached hydrogens (primary N) is 1. The summed E-state index contributed by atoms with van der Waals surface area (Å²) < 4.78 is 5.04. The maximum absolute atomic E-state index is 12.1. The van der Waals surface area contributed by atoms with Crippen LogP contribution in [0, 0.1) is 11.8 Å². The molecule has 5 N–H and O–H groups in total. The van der Waals surface area contributed by atoms with Crippen LogP contribution < -0.4 is 16.4 Å². The maximum Gasteiger partial charge on any atom is 0.410 e. The van der Waals surface area contributed by atoms with Gasteiger partial charge in [0, 0.05) is 0 Å². The van der Waals surface area contributed by atoms with Gasteiger partial charge in [0.1, 0.15) is 5.60 Å². The van der Waals surface area contributed by atoms with Crippen LogP contribution >= 0.6 is 0 Å². The van der Waals surface area contributed by atoms with Crippen molar-refractivity contribution in [2.24, 2.45) is 5.73 Å². The first-order valence-corrected chi connectivity index (χ1v) is 5.95. The van der Waals surface area contributed by atoms with Crippen LogP contribution in [0.5, 0.6) is 0 Å². The topological polar surface area (TPSA) is 148 Å². The Morgan fingerprint density at radius 3 is 2.52 bits per heavy atom. The molecule has 21 heavy (non-hydrogen) atoms. The first-order valence-electron chi connectivity index (χ1n) is 5.95. The van der Waals surface area contributed by atoms with Crippen LogP contribution in [-0.2, 0) is 9.53 Å². The highest BCUT2D eigenvalue weighted by Crippen LogP contribution is 2.08. The number of tetrazole rings is 1. The van der Waals surface area contributed by atoms with E-state index in [-0.39, 0.29) is 5.95 Å². The van der Waals surface area contributed by atoms with E-state index in [1.165, 1.54) is 6.92 Å². The fourth-order valence-electron chi connectivity index (χ4n) is 1.22. The molecule has 1 aromatic rings. The van der Waals surface area contributed by atoms with E-state index < -0.39 is 23.3 Å². The predicted molar refractivity (Wildman–Crippen MR) is 72.5 cm³/mol. The Bertz CT molecular complexity index is 567. The molecule has 0 bridgehead atoms. The van der Waals surface area contributed by atoms with Crippen LogP contribution in [-0.4, -0.2) is 43.9 Å². The number of rotatable bonds is 3. The van der Waals surface area contributed by atoms with Gasteiger partial charge in [-0.25, -0.2) is 4.79 Å². The fourth-order valence-corrected chi connectivity index (χ4v) is 1.22. The van der Waals surface area contributed by atoms with Crippen molar-refractivity contribution in [3.63, 3.8) is 0 Å². The monoisotopic (exact) mass is 295 g/mol. The number of nitrogens with one attached hydrogen (secondary N) is 3. The van der Waals surface area contributed by atoms with Gasteiger partial charge in [-0.3, -0.25) is 21.2 Å². The third-order valence-corrected chi connectivity index (χ3v) is 1.95. The van der Waals surface area contributed by atoms with Crippen molar-refractivity contribution in [3.05, 3.63) is 0 Å². The first-order chi connectivity index (χ1) is 9.66. The van der Waals surface area contributed by atoms with Crippen LogP contribution in [0.2, 0.25) is 0 Å². The molecule has 0 aromatic carbocycles. The number of carbonyl (C=O) groups is 2. The van der Waals surface area contributed by atoms with Crippen molar-refractivity contribution in [2.45, 2.75) is 39.0 Å². The number of hydrogen-bond donors (Lipinski definition) is 4. The molecular formula is C11H17N7O3. The Labute approximate surface area is 121 Å². The quantitative estimate of drug-likeness (QED) is 0.427. The summed E-state index contributed by atoms with van der Waals surface area (Å²) in [7, 11) is 0. The molecule has 0 radical (unpaired) electrons. The second-order valence-electron chi connectivity index (χ2n) is 5.00. The molecule has 2 amide bonds. The van der Waals surface area contributed by atoms with Crippen LogP contribution in [0.3, 0.4) is 0 Å². The van der Waals surface area contributed by atoms with Gasteiger partial charge >= 0.3 is 6.09 Å². The molecule has 1 heterocycles. The minimum Gasteiger partial charge on any atom is -0.444 e. The largest absolute Gasteiger partial charge is 0.444 e. The Morgan fingerprint density at radius 1 is 1.38 bits per heavy atom. The van der Waals surface area contributed by atoms with Gasteiger partial charge in [0.05, 0.1) is 0 Å². The molecule has 0 saturated carbocycles. The smallest absolute Gasteiger partial charge is 0.410 e. The predicted octanol–water partition coefficient (Wildman–Crippen LogP) is -0.659. The number of aromatic amines is 1. The normalized spacial score (nSPS) is 13.4. The summed E-state index contributed by atoms with van der Waals surface area (Å²) >= 11 is 0. The minimum absolute atomic E-state index is 0.0984. The summed E-state index contributed by atoms with van der Waals surface area (Å²) in [6, 6.07) is 0. The minimum atomic E-state index is -1.99. The summed E-state index contributed by atoms with van der Waals surface area (Å²) in [5, 5.41) is 17.0. The van der Waals surface area contributed by atoms with Gasteiger partial charge in [-0.2, -0.15) is 5.21 Å². The molecule has 0 spiro atoms. The molecule has 0 aliphatic rings. The van der Waals surface area contributed by atoms with Gasteiger partial charge in [-0.1, -0.05) is 5.10 Å². The molecule has 0 fully saturated rings. The van der Waals surface area contributed by atoms with Gasteiger partial charge in [0.25, 0.3) is 11.9 Å². The van der Waals surface area contributed by atoms with Crippen LogP contribution in [0.15, 0.2) is 0 Å². The third kappa shape index (κ3) is 5.07. The van der Waals surface area contributed by atoms with E-state index in [0.717, 1.165) is 0 Å². The second kappa shape index (κ2) is 6.19. The highest BCUT2D eigenvalue weighted by Gasteiger charge is 2.36. The third-order valence-electron chi connectivity index (χ3n) is 1.95. The number of nitrogens with zero attached hydrogens (tertiary/aromatic N) is 3. The number of H-pyrrole nitrogens is 1. The zero-order chi connectivity index (χ0) is 16.1. The van der Waals surface area contributed by atoms with Crippen molar-refractivity contribution in [1.82, 2.24) is 25.9 Å². The summed E-state index contributed by atoms with van der Waals surface area (Å²) in [4.78, 5) is 23.8. The van der Waals surface area contributed by atoms with Crippen molar-refractivity contribution < 1.29 is 14.3 Å². The molecule has 0 aliphatic heterocycles. The van der Waals surface area contributed by atoms with Gasteiger partial charge in [-0.05, 0) is 38.8 Å². The van der Waals surface area contributed by atoms with Crippen molar-refractivity contribution in [3.8, 4) is 11.8 Å². The number of carbonyl (C=O) groups excluding carboxylic acids is 2. The molecular weight excluding hydrogens is 278 g/mol. The lowest BCUT2D eigenvalue weighted by Gasteiger charge is -2.26. The molecule has 10 nitrogen and oxygen atoms in total. The number of aromatic nitrogens is 4. The maximum atomic E-state index is 12.1. The van der Waals surface area contributed by atoms with Gasteiger partial charge in [0.2, 0.25) is 5.66 Å². The fraction of sp³-hybridized carbons (Fsp3) is 0.545. The lowest BCUT2D eigenvalue weighted by atomic mass is 10.1. The van der Waals surface area contributed by atoms with Gasteiger partial charge in [0.15, 0.2) is 0 Å². The second-order valence-corrected chi connectivity index (χ2v) is 5.00. The van der Waals surface area contributed by atoms with E-state index in [2.05, 4.69) is 43.1 Å². The van der Waals surface area contributed by atoms with Gasteiger partial charge in [-0.15, -0.1) is 11.0 Å². The lowest BCUT2D eigenvalue weighted by Crippen LogP contribution is -2.63. The van der Waals surface area contributed by atoms with E-state index >= 15 is 0 Å². The number of ether oxygens (including phenoxy) is 1. The molecule has 0 aliphatic carbocycles. The van der Waals surface area contributed by atoms with Crippen LogP contribution in [0.1, 0.15) is 27.7 Å². The Kier molecular flexibility index (Phi) is 4.83. The number of amides is 2. The van der Waals surface area contributed by atoms with E-state index in [9.17, 15) is 9.59 Å². The molecule has 1 atom stereocenters. The van der Waals surface area contributed by atoms with E-state index in [4.69, 9.17) is 10.5 Å². The standard InChI is InChI=1S/C11H17N7O3/c1-5-6-11(12,14-9(20)21-10(2,3)4)7(19)13-8-15-17-18-16-8/h12H2,1-4H3,(H,14,20)(H2,13,15,16,17,18,19). The molecule has 1 aromatic heterocycles. The molecule has 10 heteroatoms. The Morgan fingerprint density at radius 2 is 2.05 bits per heavy atom. The molecule has 114 valence electrons. The SMILES string of the molecule is CC#CC(N)(NC(=O)OC(C)(C)C)C(=O)Nc1nn[nH]n1. The first kappa shape index (κ1) is 16.4. The zero-order valence-corrected chi connectivity index (χ0v) is 12.1. The van der Waals surface area contributed by atoms with Gasteiger partial charge < -0.3 is 4.74 Å². The van der Waals surface area contributed by atoms with Crippen molar-refractivity contribution in [2.75, 3.05) is 5.32 Å². The van der Waals surface area contributed by atoms with Crippen LogP contribution in [0.25, 0.3) is 0 Å². The summed E-state index contributed by atoms with van der Waals surface area (Å²) in [5.74, 6) is 3.94. The average Bonchev–Trinajstić information content (AvgIpc) is 2.78. The summed E-state index contributed by atoms with van der Waals surface area (Å²) in [6.07, 6.45) is -0.879. The summed E-state index contributed by atoms with van der Waals surface area (Å²) in [5.41, 5.74) is 3.08. The summed E-state index contributed by atoms with van der Waals surface area (Å²) in [6.45, 7) is 6.50. The van der Waals surface area contributed by atoms with E-state index in [1.807, 2.05) is 0 Å². The average molecular weight is 295 g/mol. The van der Waals surface area contributed by atoms with E-state index in [0.29, 0.717) is 0 Å². The number of alkyl carbamates (subject to hydrolysis) is 1. The Hall–Kier alpha value is -2.67. The van der Waals surface area contributed by atoms with Crippen LogP contribution in [0.4, 0.5) is 10.7 Å². The molecule has 1 rings (SSSR count). The van der Waals surface area contributed by atoms with Crippen molar-refractivity contribution in [1.29, 1.82) is 0 Å². The highest BCUT2D eigenvalue weighted by molar-refractivity contribution is 6.00. The number of anilines is 1. The van der Waals surface area contributed by atoms with Crippen molar-refractivity contribution >= 4 is 17.9 Å². The zero-order valence-electron chi connectivity index (χ0n) is 12.1. The Balaban J connectivity index is 2.84. The lowest BCUT2D eigenvalue weighted by molar-refractivity contribution is -0.120. The number of hydrogen-bond acceptors (Lipinski definition) is 7. The molecule has 1 unspecified atom stereocenters. The molecule has 0 saturated heterocycles.